The molecule has 1 fully saturated rings. The lowest BCUT2D eigenvalue weighted by atomic mass is 10.0. The maximum atomic E-state index is 12.0. The standard InChI is InChI=1S/C14H20N2O4S/c1-8-5-4-6-16(7-8)12-9(13(17)19-2)10(15)11(21-12)14(18)20-3/h8H,4-7,15H2,1-3H3. The van der Waals surface area contributed by atoms with Gasteiger partial charge in [0.25, 0.3) is 0 Å². The molecule has 0 bridgehead atoms. The summed E-state index contributed by atoms with van der Waals surface area (Å²) in [5, 5.41) is 0.700. The van der Waals surface area contributed by atoms with Gasteiger partial charge in [0.2, 0.25) is 0 Å². The third-order valence-corrected chi connectivity index (χ3v) is 4.88. The summed E-state index contributed by atoms with van der Waals surface area (Å²) in [6.45, 7) is 3.85. The summed E-state index contributed by atoms with van der Waals surface area (Å²) in [5.74, 6) is -0.514. The molecule has 2 heterocycles. The summed E-state index contributed by atoms with van der Waals surface area (Å²) >= 11 is 1.20. The fourth-order valence-corrected chi connectivity index (χ4v) is 3.73. The normalized spacial score (nSPS) is 18.4. The van der Waals surface area contributed by atoms with Crippen molar-refractivity contribution in [3.8, 4) is 0 Å². The lowest BCUT2D eigenvalue weighted by molar-refractivity contribution is 0.0602. The van der Waals surface area contributed by atoms with Crippen molar-refractivity contribution in [3.63, 3.8) is 0 Å². The molecule has 0 amide bonds. The van der Waals surface area contributed by atoms with Gasteiger partial charge in [-0.15, -0.1) is 11.3 Å². The number of ether oxygens (including phenoxy) is 2. The second-order valence-electron chi connectivity index (χ2n) is 5.20. The van der Waals surface area contributed by atoms with E-state index >= 15 is 0 Å². The summed E-state index contributed by atoms with van der Waals surface area (Å²) in [6.07, 6.45) is 2.21. The molecule has 1 aliphatic heterocycles. The Morgan fingerprint density at radius 3 is 2.52 bits per heavy atom. The molecular formula is C14H20N2O4S. The first-order valence-corrected chi connectivity index (χ1v) is 7.65. The molecule has 0 saturated carbocycles. The number of thiophene rings is 1. The van der Waals surface area contributed by atoms with Crippen molar-refractivity contribution in [1.82, 2.24) is 0 Å². The van der Waals surface area contributed by atoms with Crippen LogP contribution in [0.1, 0.15) is 39.8 Å². The van der Waals surface area contributed by atoms with Crippen LogP contribution in [-0.4, -0.2) is 39.2 Å². The maximum Gasteiger partial charge on any atom is 0.350 e. The van der Waals surface area contributed by atoms with Crippen LogP contribution in [0.5, 0.6) is 0 Å². The van der Waals surface area contributed by atoms with E-state index in [1.165, 1.54) is 25.6 Å². The van der Waals surface area contributed by atoms with E-state index in [9.17, 15) is 9.59 Å². The van der Waals surface area contributed by atoms with Crippen LogP contribution in [0.25, 0.3) is 0 Å². The number of methoxy groups -OCH3 is 2. The van der Waals surface area contributed by atoms with Crippen LogP contribution in [-0.2, 0) is 9.47 Å². The Bertz CT molecular complexity index is 555. The predicted molar refractivity (Wildman–Crippen MR) is 82.0 cm³/mol. The van der Waals surface area contributed by atoms with Gasteiger partial charge in [0.1, 0.15) is 15.4 Å². The number of hydrogen-bond donors (Lipinski definition) is 1. The lowest BCUT2D eigenvalue weighted by Gasteiger charge is -2.32. The largest absolute Gasteiger partial charge is 0.465 e. The summed E-state index contributed by atoms with van der Waals surface area (Å²) in [7, 11) is 2.60. The Balaban J connectivity index is 2.47. The first kappa shape index (κ1) is 15.6. The Kier molecular flexibility index (Phi) is 4.72. The lowest BCUT2D eigenvalue weighted by Crippen LogP contribution is -2.34. The van der Waals surface area contributed by atoms with E-state index in [4.69, 9.17) is 15.2 Å². The molecule has 116 valence electrons. The van der Waals surface area contributed by atoms with Crippen LogP contribution in [0.2, 0.25) is 0 Å². The number of nitrogen functional groups attached to an aromatic ring is 1. The van der Waals surface area contributed by atoms with Crippen LogP contribution in [0.15, 0.2) is 0 Å². The first-order valence-electron chi connectivity index (χ1n) is 6.83. The topological polar surface area (TPSA) is 81.9 Å². The van der Waals surface area contributed by atoms with E-state index in [1.807, 2.05) is 0 Å². The molecule has 0 aliphatic carbocycles. The van der Waals surface area contributed by atoms with Crippen molar-refractivity contribution in [3.05, 3.63) is 10.4 Å². The van der Waals surface area contributed by atoms with Gasteiger partial charge in [0.15, 0.2) is 0 Å². The van der Waals surface area contributed by atoms with Crippen LogP contribution in [0.3, 0.4) is 0 Å². The van der Waals surface area contributed by atoms with Crippen molar-refractivity contribution in [2.24, 2.45) is 5.92 Å². The molecule has 21 heavy (non-hydrogen) atoms. The Morgan fingerprint density at radius 2 is 1.95 bits per heavy atom. The van der Waals surface area contributed by atoms with E-state index < -0.39 is 11.9 Å². The van der Waals surface area contributed by atoms with E-state index in [1.54, 1.807) is 0 Å². The number of esters is 2. The fourth-order valence-electron chi connectivity index (χ4n) is 2.57. The second kappa shape index (κ2) is 6.34. The molecule has 1 aliphatic rings. The zero-order valence-electron chi connectivity index (χ0n) is 12.5. The van der Waals surface area contributed by atoms with E-state index in [-0.39, 0.29) is 16.1 Å². The minimum absolute atomic E-state index is 0.145. The Hall–Kier alpha value is -1.76. The van der Waals surface area contributed by atoms with E-state index in [0.717, 1.165) is 25.9 Å². The minimum atomic E-state index is -0.529. The van der Waals surface area contributed by atoms with Gasteiger partial charge < -0.3 is 20.1 Å². The molecule has 1 saturated heterocycles. The quantitative estimate of drug-likeness (QED) is 0.861. The molecule has 0 radical (unpaired) electrons. The third-order valence-electron chi connectivity index (χ3n) is 3.63. The van der Waals surface area contributed by atoms with Gasteiger partial charge in [-0.05, 0) is 18.8 Å². The highest BCUT2D eigenvalue weighted by atomic mass is 32.1. The highest BCUT2D eigenvalue weighted by Gasteiger charge is 2.30. The summed E-state index contributed by atoms with van der Waals surface area (Å²) in [5.41, 5.74) is 6.40. The fraction of sp³-hybridized carbons (Fsp3) is 0.571. The van der Waals surface area contributed by atoms with E-state index in [0.29, 0.717) is 10.9 Å². The molecule has 1 aromatic rings. The van der Waals surface area contributed by atoms with Gasteiger partial charge in [-0.3, -0.25) is 0 Å². The van der Waals surface area contributed by atoms with Crippen molar-refractivity contribution in [2.75, 3.05) is 37.9 Å². The van der Waals surface area contributed by atoms with Gasteiger partial charge >= 0.3 is 11.9 Å². The third kappa shape index (κ3) is 2.97. The van der Waals surface area contributed by atoms with Crippen molar-refractivity contribution < 1.29 is 19.1 Å². The van der Waals surface area contributed by atoms with Gasteiger partial charge in [-0.25, -0.2) is 9.59 Å². The number of carbonyl (C=O) groups is 2. The van der Waals surface area contributed by atoms with Crippen molar-refractivity contribution in [2.45, 2.75) is 19.8 Å². The van der Waals surface area contributed by atoms with Crippen molar-refractivity contribution in [1.29, 1.82) is 0 Å². The second-order valence-corrected chi connectivity index (χ2v) is 6.20. The van der Waals surface area contributed by atoms with E-state index in [2.05, 4.69) is 11.8 Å². The zero-order valence-corrected chi connectivity index (χ0v) is 13.3. The van der Waals surface area contributed by atoms with Crippen LogP contribution in [0.4, 0.5) is 10.7 Å². The molecule has 2 rings (SSSR count). The molecule has 2 N–H and O–H groups in total. The zero-order chi connectivity index (χ0) is 15.6. The Labute approximate surface area is 127 Å². The number of hydrogen-bond acceptors (Lipinski definition) is 7. The number of anilines is 2. The summed E-state index contributed by atoms with van der Waals surface area (Å²) < 4.78 is 9.54. The molecule has 6 nitrogen and oxygen atoms in total. The Morgan fingerprint density at radius 1 is 1.29 bits per heavy atom. The summed E-state index contributed by atoms with van der Waals surface area (Å²) in [4.78, 5) is 26.2. The van der Waals surface area contributed by atoms with Gasteiger partial charge in [-0.1, -0.05) is 6.92 Å². The molecule has 1 aromatic heterocycles. The maximum absolute atomic E-state index is 12.0. The van der Waals surface area contributed by atoms with Crippen molar-refractivity contribution >= 4 is 34.0 Å². The van der Waals surface area contributed by atoms with Gasteiger partial charge in [0, 0.05) is 13.1 Å². The molecule has 1 atom stereocenters. The highest BCUT2D eigenvalue weighted by molar-refractivity contribution is 7.19. The number of rotatable bonds is 3. The number of nitrogens with two attached hydrogens (primary N) is 1. The highest BCUT2D eigenvalue weighted by Crippen LogP contribution is 2.40. The van der Waals surface area contributed by atoms with Gasteiger partial charge in [-0.2, -0.15) is 0 Å². The first-order chi connectivity index (χ1) is 9.99. The number of carbonyl (C=O) groups excluding carboxylic acids is 2. The summed E-state index contributed by atoms with van der Waals surface area (Å²) in [6, 6.07) is 0. The molecule has 0 spiro atoms. The van der Waals surface area contributed by atoms with Gasteiger partial charge in [0.05, 0.1) is 19.9 Å². The molecule has 0 aromatic carbocycles. The molecular weight excluding hydrogens is 292 g/mol. The SMILES string of the molecule is COC(=O)c1sc(N2CCCC(C)C2)c(C(=O)OC)c1N. The minimum Gasteiger partial charge on any atom is -0.465 e. The van der Waals surface area contributed by atoms with Crippen LogP contribution < -0.4 is 10.6 Å². The number of nitrogens with zero attached hydrogens (tertiary/aromatic N) is 1. The van der Waals surface area contributed by atoms with Crippen LogP contribution in [0, 0.1) is 5.92 Å². The van der Waals surface area contributed by atoms with Crippen LogP contribution >= 0.6 is 11.3 Å². The number of piperidine rings is 1. The average Bonchev–Trinajstić information content (AvgIpc) is 2.83. The monoisotopic (exact) mass is 312 g/mol. The molecule has 1 unspecified atom stereocenters. The molecule has 7 heteroatoms. The smallest absolute Gasteiger partial charge is 0.350 e. The predicted octanol–water partition coefficient (Wildman–Crippen LogP) is 2.14. The average molecular weight is 312 g/mol.